The standard InChI is InChI=1S/C34H24O4/c35-33-29-19-11-10-18-27(29)28-21-20-26(22-30(28)38-33)37-34(36)32(25-16-8-3-9-17-25)31(23-12-4-1-5-13-23)24-14-6-2-7-15-24/h1-22,31-32H/t32-/m1/s1. The number of carbonyl (C=O) groups is 1. The molecule has 6 rings (SSSR count). The Labute approximate surface area is 219 Å². The molecule has 184 valence electrons. The SMILES string of the molecule is O=C(Oc1ccc2c(c1)oc(=O)c1ccccc12)[C@H](c1ccccc1)C(c1ccccc1)c1ccccc1. The molecule has 0 spiro atoms. The zero-order chi connectivity index (χ0) is 25.9. The Bertz CT molecular complexity index is 1730. The molecule has 4 nitrogen and oxygen atoms in total. The fourth-order valence-electron chi connectivity index (χ4n) is 5.13. The fraction of sp³-hybridized carbons (Fsp3) is 0.0588. The average Bonchev–Trinajstić information content (AvgIpc) is 2.97. The minimum Gasteiger partial charge on any atom is -0.426 e. The molecule has 1 atom stereocenters. The molecule has 0 fully saturated rings. The van der Waals surface area contributed by atoms with Crippen LogP contribution in [0.2, 0.25) is 0 Å². The molecule has 1 heterocycles. The van der Waals surface area contributed by atoms with E-state index in [1.54, 1.807) is 24.3 Å². The van der Waals surface area contributed by atoms with Gasteiger partial charge in [-0.05, 0) is 40.3 Å². The van der Waals surface area contributed by atoms with Gasteiger partial charge in [0.1, 0.15) is 11.3 Å². The predicted molar refractivity (Wildman–Crippen MR) is 150 cm³/mol. The Morgan fingerprint density at radius 2 is 1.11 bits per heavy atom. The normalized spacial score (nSPS) is 12.0. The smallest absolute Gasteiger partial charge is 0.344 e. The molecule has 4 heteroatoms. The topological polar surface area (TPSA) is 56.5 Å². The molecule has 0 radical (unpaired) electrons. The van der Waals surface area contributed by atoms with Gasteiger partial charge in [-0.25, -0.2) is 4.79 Å². The van der Waals surface area contributed by atoms with Crippen LogP contribution in [-0.4, -0.2) is 5.97 Å². The van der Waals surface area contributed by atoms with E-state index in [2.05, 4.69) is 0 Å². The highest BCUT2D eigenvalue weighted by atomic mass is 16.5. The third-order valence-electron chi connectivity index (χ3n) is 6.87. The second kappa shape index (κ2) is 10.2. The van der Waals surface area contributed by atoms with Crippen molar-refractivity contribution in [3.63, 3.8) is 0 Å². The number of carbonyl (C=O) groups excluding carboxylic acids is 1. The number of rotatable bonds is 6. The highest BCUT2D eigenvalue weighted by molar-refractivity contribution is 6.04. The first kappa shape index (κ1) is 23.4. The minimum atomic E-state index is -0.611. The maximum absolute atomic E-state index is 14.0. The first-order chi connectivity index (χ1) is 18.7. The quantitative estimate of drug-likeness (QED) is 0.104. The number of esters is 1. The highest BCUT2D eigenvalue weighted by Gasteiger charge is 2.34. The summed E-state index contributed by atoms with van der Waals surface area (Å²) in [6, 6.07) is 42.2. The monoisotopic (exact) mass is 496 g/mol. The van der Waals surface area contributed by atoms with Crippen LogP contribution < -0.4 is 10.4 Å². The Morgan fingerprint density at radius 1 is 0.579 bits per heavy atom. The summed E-state index contributed by atoms with van der Waals surface area (Å²) in [6.07, 6.45) is 0. The summed E-state index contributed by atoms with van der Waals surface area (Å²) in [5, 5.41) is 2.10. The van der Waals surface area contributed by atoms with E-state index in [1.807, 2.05) is 109 Å². The molecule has 0 saturated carbocycles. The second-order valence-electron chi connectivity index (χ2n) is 9.20. The van der Waals surface area contributed by atoms with Gasteiger partial charge < -0.3 is 9.15 Å². The van der Waals surface area contributed by atoms with Crippen molar-refractivity contribution in [2.45, 2.75) is 11.8 Å². The van der Waals surface area contributed by atoms with Crippen molar-refractivity contribution >= 4 is 27.7 Å². The first-order valence-corrected chi connectivity index (χ1v) is 12.5. The Hall–Kier alpha value is -4.96. The van der Waals surface area contributed by atoms with Crippen LogP contribution in [0.4, 0.5) is 0 Å². The van der Waals surface area contributed by atoms with Crippen molar-refractivity contribution < 1.29 is 13.9 Å². The first-order valence-electron chi connectivity index (χ1n) is 12.5. The van der Waals surface area contributed by atoms with Gasteiger partial charge in [0.2, 0.25) is 0 Å². The van der Waals surface area contributed by atoms with Gasteiger partial charge in [-0.3, -0.25) is 4.79 Å². The van der Waals surface area contributed by atoms with Crippen molar-refractivity contribution in [3.05, 3.63) is 161 Å². The van der Waals surface area contributed by atoms with Crippen LogP contribution in [0.1, 0.15) is 28.5 Å². The lowest BCUT2D eigenvalue weighted by atomic mass is 9.77. The Balaban J connectivity index is 1.44. The molecule has 6 aromatic rings. The average molecular weight is 497 g/mol. The molecule has 38 heavy (non-hydrogen) atoms. The molecular formula is C34H24O4. The van der Waals surface area contributed by atoms with Gasteiger partial charge in [0, 0.05) is 17.4 Å². The van der Waals surface area contributed by atoms with Gasteiger partial charge in [0.15, 0.2) is 0 Å². The van der Waals surface area contributed by atoms with Gasteiger partial charge in [-0.2, -0.15) is 0 Å². The van der Waals surface area contributed by atoms with Crippen LogP contribution in [-0.2, 0) is 4.79 Å². The van der Waals surface area contributed by atoms with Crippen LogP contribution in [0.25, 0.3) is 21.7 Å². The van der Waals surface area contributed by atoms with Crippen molar-refractivity contribution in [1.82, 2.24) is 0 Å². The fourth-order valence-corrected chi connectivity index (χ4v) is 5.13. The van der Waals surface area contributed by atoms with Crippen molar-refractivity contribution in [2.24, 2.45) is 0 Å². The Kier molecular flexibility index (Phi) is 6.29. The lowest BCUT2D eigenvalue weighted by Gasteiger charge is -2.27. The van der Waals surface area contributed by atoms with E-state index in [4.69, 9.17) is 9.15 Å². The molecule has 0 aliphatic heterocycles. The molecule has 0 amide bonds. The molecule has 0 bridgehead atoms. The van der Waals surface area contributed by atoms with Gasteiger partial charge in [-0.15, -0.1) is 0 Å². The summed E-state index contributed by atoms with van der Waals surface area (Å²) in [5.41, 5.74) is 2.83. The van der Waals surface area contributed by atoms with E-state index in [-0.39, 0.29) is 5.92 Å². The van der Waals surface area contributed by atoms with Gasteiger partial charge in [0.25, 0.3) is 0 Å². The zero-order valence-corrected chi connectivity index (χ0v) is 20.5. The molecule has 0 unspecified atom stereocenters. The molecule has 1 aromatic heterocycles. The third kappa shape index (κ3) is 4.48. The van der Waals surface area contributed by atoms with E-state index in [9.17, 15) is 9.59 Å². The van der Waals surface area contributed by atoms with Crippen molar-refractivity contribution in [1.29, 1.82) is 0 Å². The van der Waals surface area contributed by atoms with Gasteiger partial charge >= 0.3 is 11.6 Å². The second-order valence-corrected chi connectivity index (χ2v) is 9.20. The zero-order valence-electron chi connectivity index (χ0n) is 20.5. The summed E-state index contributed by atoms with van der Waals surface area (Å²) in [4.78, 5) is 26.6. The highest BCUT2D eigenvalue weighted by Crippen LogP contribution is 2.40. The largest absolute Gasteiger partial charge is 0.426 e. The van der Waals surface area contributed by atoms with E-state index in [1.165, 1.54) is 0 Å². The summed E-state index contributed by atoms with van der Waals surface area (Å²) < 4.78 is 11.6. The summed E-state index contributed by atoms with van der Waals surface area (Å²) in [7, 11) is 0. The van der Waals surface area contributed by atoms with Crippen LogP contribution >= 0.6 is 0 Å². The van der Waals surface area contributed by atoms with Crippen molar-refractivity contribution in [2.75, 3.05) is 0 Å². The van der Waals surface area contributed by atoms with E-state index in [0.29, 0.717) is 16.7 Å². The van der Waals surface area contributed by atoms with Crippen LogP contribution in [0.3, 0.4) is 0 Å². The summed E-state index contributed by atoms with van der Waals surface area (Å²) in [6.45, 7) is 0. The molecule has 0 aliphatic carbocycles. The molecule has 0 aliphatic rings. The summed E-state index contributed by atoms with van der Waals surface area (Å²) >= 11 is 0. The maximum Gasteiger partial charge on any atom is 0.344 e. The number of benzene rings is 5. The van der Waals surface area contributed by atoms with E-state index < -0.39 is 17.5 Å². The molecule has 5 aromatic carbocycles. The van der Waals surface area contributed by atoms with E-state index in [0.717, 1.165) is 27.5 Å². The lowest BCUT2D eigenvalue weighted by Crippen LogP contribution is -2.26. The summed E-state index contributed by atoms with van der Waals surface area (Å²) in [5.74, 6) is -0.951. The number of hydrogen-bond donors (Lipinski definition) is 0. The number of ether oxygens (including phenoxy) is 1. The van der Waals surface area contributed by atoms with Crippen molar-refractivity contribution in [3.8, 4) is 5.75 Å². The minimum absolute atomic E-state index is 0.269. The van der Waals surface area contributed by atoms with Gasteiger partial charge in [-0.1, -0.05) is 109 Å². The Morgan fingerprint density at radius 3 is 1.71 bits per heavy atom. The number of hydrogen-bond acceptors (Lipinski definition) is 4. The molecule has 0 N–H and O–H groups in total. The van der Waals surface area contributed by atoms with Gasteiger partial charge in [0.05, 0.1) is 11.3 Å². The predicted octanol–water partition coefficient (Wildman–Crippen LogP) is 7.47. The third-order valence-corrected chi connectivity index (χ3v) is 6.87. The van der Waals surface area contributed by atoms with Crippen LogP contribution in [0.15, 0.2) is 143 Å². The number of fused-ring (bicyclic) bond motifs is 3. The van der Waals surface area contributed by atoms with Crippen LogP contribution in [0.5, 0.6) is 5.75 Å². The maximum atomic E-state index is 14.0. The molecule has 0 saturated heterocycles. The lowest BCUT2D eigenvalue weighted by molar-refractivity contribution is -0.136. The van der Waals surface area contributed by atoms with Crippen LogP contribution in [0, 0.1) is 0 Å². The molecular weight excluding hydrogens is 472 g/mol. The van der Waals surface area contributed by atoms with E-state index >= 15 is 0 Å².